The molecule has 0 unspecified atom stereocenters. The Bertz CT molecular complexity index is 568. The first-order valence-electron chi connectivity index (χ1n) is 4.78. The predicted molar refractivity (Wildman–Crippen MR) is 58.8 cm³/mol. The van der Waals surface area contributed by atoms with E-state index in [0.29, 0.717) is 12.2 Å². The van der Waals surface area contributed by atoms with Gasteiger partial charge in [0.05, 0.1) is 6.54 Å². The summed E-state index contributed by atoms with van der Waals surface area (Å²) in [6, 6.07) is 7.77. The highest BCUT2D eigenvalue weighted by Crippen LogP contribution is 2.30. The van der Waals surface area contributed by atoms with Crippen LogP contribution in [-0.2, 0) is 0 Å². The van der Waals surface area contributed by atoms with E-state index in [1.807, 2.05) is 24.3 Å². The molecule has 3 rings (SSSR count). The first kappa shape index (κ1) is 8.23. The molecule has 15 heavy (non-hydrogen) atoms. The molecule has 4 nitrogen and oxygen atoms in total. The van der Waals surface area contributed by atoms with Gasteiger partial charge in [-0.25, -0.2) is 0 Å². The summed E-state index contributed by atoms with van der Waals surface area (Å²) >= 11 is 0. The number of para-hydroxylation sites is 1. The maximum atomic E-state index is 11.7. The second-order valence-electron chi connectivity index (χ2n) is 3.42. The number of H-pyrrole nitrogens is 1. The minimum Gasteiger partial charge on any atom is -0.349 e. The van der Waals surface area contributed by atoms with Gasteiger partial charge in [0.25, 0.3) is 5.91 Å². The largest absolute Gasteiger partial charge is 0.349 e. The van der Waals surface area contributed by atoms with Crippen molar-refractivity contribution in [3.63, 3.8) is 0 Å². The molecule has 0 fully saturated rings. The molecule has 1 amide bonds. The normalized spacial score (nSPS) is 14.8. The fraction of sp³-hybridized carbons (Fsp3) is 0.0909. The number of nitrogens with one attached hydrogen (secondary N) is 2. The second-order valence-corrected chi connectivity index (χ2v) is 3.42. The number of aliphatic imine (C=N–C) groups is 1. The second kappa shape index (κ2) is 2.95. The van der Waals surface area contributed by atoms with Gasteiger partial charge in [0, 0.05) is 17.1 Å². The Morgan fingerprint density at radius 3 is 3.07 bits per heavy atom. The molecule has 1 aliphatic heterocycles. The summed E-state index contributed by atoms with van der Waals surface area (Å²) in [7, 11) is 0. The highest BCUT2D eigenvalue weighted by atomic mass is 16.1. The number of amides is 1. The molecule has 1 aromatic carbocycles. The first-order valence-corrected chi connectivity index (χ1v) is 4.78. The number of carbonyl (C=O) groups is 1. The van der Waals surface area contributed by atoms with Gasteiger partial charge in [-0.15, -0.1) is 0 Å². The Hall–Kier alpha value is -2.10. The van der Waals surface area contributed by atoms with Crippen molar-refractivity contribution < 1.29 is 4.79 Å². The molecule has 1 aliphatic rings. The summed E-state index contributed by atoms with van der Waals surface area (Å²) in [5.41, 5.74) is 2.22. The minimum atomic E-state index is -0.0984. The van der Waals surface area contributed by atoms with Crippen molar-refractivity contribution in [3.05, 3.63) is 30.0 Å². The smallest absolute Gasteiger partial charge is 0.270 e. The van der Waals surface area contributed by atoms with Gasteiger partial charge >= 0.3 is 0 Å². The quantitative estimate of drug-likeness (QED) is 0.665. The van der Waals surface area contributed by atoms with Gasteiger partial charge in [-0.3, -0.25) is 9.79 Å². The Kier molecular flexibility index (Phi) is 1.62. The fourth-order valence-electron chi connectivity index (χ4n) is 1.79. The van der Waals surface area contributed by atoms with Gasteiger partial charge in [0.15, 0.2) is 0 Å². The van der Waals surface area contributed by atoms with Crippen LogP contribution < -0.4 is 5.32 Å². The Morgan fingerprint density at radius 2 is 2.13 bits per heavy atom. The molecule has 0 saturated carbocycles. The van der Waals surface area contributed by atoms with Crippen molar-refractivity contribution in [1.82, 2.24) is 10.3 Å². The van der Waals surface area contributed by atoms with Crippen molar-refractivity contribution in [2.75, 3.05) is 6.54 Å². The molecule has 2 N–H and O–H groups in total. The zero-order chi connectivity index (χ0) is 10.3. The fourth-order valence-corrected chi connectivity index (χ4v) is 1.79. The number of fused-ring (bicyclic) bond motifs is 3. The number of nitrogens with zero attached hydrogens (tertiary/aromatic N) is 1. The third kappa shape index (κ3) is 1.15. The number of carbonyl (C=O) groups excluding carboxylic acids is 1. The summed E-state index contributed by atoms with van der Waals surface area (Å²) in [6.07, 6.45) is 1.71. The number of aromatic amines is 1. The van der Waals surface area contributed by atoms with E-state index >= 15 is 0 Å². The third-order valence-electron chi connectivity index (χ3n) is 2.48. The molecule has 4 heteroatoms. The standard InChI is InChI=1S/C11H9N3O/c15-11-10-9(12-5-6-13-11)7-3-1-2-4-8(7)14-10/h1-5,14H,6H2,(H,13,15). The van der Waals surface area contributed by atoms with E-state index in [-0.39, 0.29) is 5.91 Å². The zero-order valence-corrected chi connectivity index (χ0v) is 7.95. The van der Waals surface area contributed by atoms with Crippen LogP contribution in [0, 0.1) is 0 Å². The van der Waals surface area contributed by atoms with Crippen LogP contribution in [0.1, 0.15) is 10.5 Å². The lowest BCUT2D eigenvalue weighted by Gasteiger charge is -1.95. The van der Waals surface area contributed by atoms with E-state index in [1.165, 1.54) is 0 Å². The Morgan fingerprint density at radius 1 is 1.27 bits per heavy atom. The molecule has 0 radical (unpaired) electrons. The number of aromatic nitrogens is 1. The lowest BCUT2D eigenvalue weighted by molar-refractivity contribution is 0.0957. The molecule has 0 atom stereocenters. The van der Waals surface area contributed by atoms with Gasteiger partial charge in [-0.2, -0.15) is 0 Å². The maximum absolute atomic E-state index is 11.7. The van der Waals surface area contributed by atoms with Gasteiger partial charge in [-0.05, 0) is 6.07 Å². The molecule has 0 spiro atoms. The number of hydrogen-bond donors (Lipinski definition) is 2. The van der Waals surface area contributed by atoms with Crippen LogP contribution in [0.5, 0.6) is 0 Å². The van der Waals surface area contributed by atoms with Gasteiger partial charge in [0.2, 0.25) is 0 Å². The first-order chi connectivity index (χ1) is 7.36. The van der Waals surface area contributed by atoms with Gasteiger partial charge in [-0.1, -0.05) is 18.2 Å². The monoisotopic (exact) mass is 199 g/mol. The molecule has 0 saturated heterocycles. The summed E-state index contributed by atoms with van der Waals surface area (Å²) in [4.78, 5) is 19.0. The lowest BCUT2D eigenvalue weighted by atomic mass is 10.2. The molecule has 0 bridgehead atoms. The van der Waals surface area contributed by atoms with Crippen molar-refractivity contribution in [2.45, 2.75) is 0 Å². The third-order valence-corrected chi connectivity index (χ3v) is 2.48. The summed E-state index contributed by atoms with van der Waals surface area (Å²) < 4.78 is 0. The van der Waals surface area contributed by atoms with Crippen molar-refractivity contribution in [2.24, 2.45) is 4.99 Å². The van der Waals surface area contributed by atoms with Crippen LogP contribution in [0.2, 0.25) is 0 Å². The van der Waals surface area contributed by atoms with Crippen LogP contribution in [0.25, 0.3) is 10.9 Å². The Balaban J connectivity index is 2.39. The highest BCUT2D eigenvalue weighted by Gasteiger charge is 2.17. The van der Waals surface area contributed by atoms with Crippen molar-refractivity contribution >= 4 is 28.7 Å². The van der Waals surface area contributed by atoms with Crippen LogP contribution in [0.3, 0.4) is 0 Å². The average Bonchev–Trinajstić information content (AvgIpc) is 2.54. The molecular weight excluding hydrogens is 190 g/mol. The number of benzene rings is 1. The van der Waals surface area contributed by atoms with E-state index in [0.717, 1.165) is 16.6 Å². The van der Waals surface area contributed by atoms with E-state index in [2.05, 4.69) is 15.3 Å². The number of rotatable bonds is 0. The predicted octanol–water partition coefficient (Wildman–Crippen LogP) is 1.61. The van der Waals surface area contributed by atoms with E-state index < -0.39 is 0 Å². The van der Waals surface area contributed by atoms with E-state index in [1.54, 1.807) is 6.21 Å². The van der Waals surface area contributed by atoms with Crippen LogP contribution in [0.4, 0.5) is 5.69 Å². The zero-order valence-electron chi connectivity index (χ0n) is 7.95. The number of hydrogen-bond acceptors (Lipinski definition) is 2. The topological polar surface area (TPSA) is 57.2 Å². The molecule has 74 valence electrons. The van der Waals surface area contributed by atoms with Gasteiger partial charge < -0.3 is 10.3 Å². The summed E-state index contributed by atoms with van der Waals surface area (Å²) in [5.74, 6) is -0.0984. The SMILES string of the molecule is O=C1NCC=Nc2c1[nH]c1ccccc21. The van der Waals surface area contributed by atoms with Crippen molar-refractivity contribution in [3.8, 4) is 0 Å². The molecule has 2 aromatic rings. The van der Waals surface area contributed by atoms with Crippen LogP contribution in [-0.4, -0.2) is 23.7 Å². The van der Waals surface area contributed by atoms with E-state index in [9.17, 15) is 4.79 Å². The van der Waals surface area contributed by atoms with Crippen molar-refractivity contribution in [1.29, 1.82) is 0 Å². The van der Waals surface area contributed by atoms with E-state index in [4.69, 9.17) is 0 Å². The minimum absolute atomic E-state index is 0.0984. The van der Waals surface area contributed by atoms with Gasteiger partial charge in [0.1, 0.15) is 11.4 Å². The highest BCUT2D eigenvalue weighted by molar-refractivity contribution is 6.09. The molecule has 0 aliphatic carbocycles. The van der Waals surface area contributed by atoms with Crippen LogP contribution >= 0.6 is 0 Å². The average molecular weight is 199 g/mol. The molecule has 2 heterocycles. The summed E-state index contributed by atoms with van der Waals surface area (Å²) in [5, 5.41) is 3.73. The lowest BCUT2D eigenvalue weighted by Crippen LogP contribution is -2.23. The molecule has 1 aromatic heterocycles. The van der Waals surface area contributed by atoms with Crippen LogP contribution in [0.15, 0.2) is 29.3 Å². The summed E-state index contributed by atoms with van der Waals surface area (Å²) in [6.45, 7) is 0.482. The molecular formula is C11H9N3O. The Labute approximate surface area is 86.0 Å². The maximum Gasteiger partial charge on any atom is 0.270 e.